The van der Waals surface area contributed by atoms with Crippen LogP contribution in [0, 0.1) is 0 Å². The predicted molar refractivity (Wildman–Crippen MR) is 91.0 cm³/mol. The fourth-order valence-corrected chi connectivity index (χ4v) is 3.51. The normalized spacial score (nSPS) is 12.5. The number of hydrogen-bond acceptors (Lipinski definition) is 4. The van der Waals surface area contributed by atoms with E-state index in [1.165, 1.54) is 4.88 Å². The van der Waals surface area contributed by atoms with Gasteiger partial charge in [0.05, 0.1) is 0 Å². The van der Waals surface area contributed by atoms with E-state index in [0.29, 0.717) is 6.54 Å². The molecule has 3 aromatic heterocycles. The maximum absolute atomic E-state index is 12.0. The van der Waals surface area contributed by atoms with Gasteiger partial charge in [-0.1, -0.05) is 12.1 Å². The van der Waals surface area contributed by atoms with Gasteiger partial charge in [0.1, 0.15) is 6.04 Å². The predicted octanol–water partition coefficient (Wildman–Crippen LogP) is 3.43. The first-order valence-electron chi connectivity index (χ1n) is 6.85. The lowest BCUT2D eigenvalue weighted by Gasteiger charge is -2.16. The van der Waals surface area contributed by atoms with Crippen LogP contribution >= 0.6 is 22.7 Å². The summed E-state index contributed by atoms with van der Waals surface area (Å²) in [5.74, 6) is -0.0953. The van der Waals surface area contributed by atoms with Crippen molar-refractivity contribution >= 4 is 34.7 Å². The SMILES string of the molecule is O=C(C=Cc1cccs1)NCC(c1cccs1)n1cccn1. The maximum atomic E-state index is 12.0. The molecule has 0 aliphatic carbocycles. The Morgan fingerprint density at radius 2 is 2.14 bits per heavy atom. The molecule has 3 heterocycles. The standard InChI is InChI=1S/C16H15N3OS2/c20-16(7-6-13-4-1-10-21-13)17-12-14(15-5-2-11-22-15)19-9-3-8-18-19/h1-11,14H,12H2,(H,17,20). The number of nitrogens with zero attached hydrogens (tertiary/aromatic N) is 2. The number of amides is 1. The van der Waals surface area contributed by atoms with E-state index in [-0.39, 0.29) is 11.9 Å². The van der Waals surface area contributed by atoms with Crippen molar-refractivity contribution in [3.63, 3.8) is 0 Å². The number of carbonyl (C=O) groups is 1. The molecule has 22 heavy (non-hydrogen) atoms. The number of carbonyl (C=O) groups excluding carboxylic acids is 1. The van der Waals surface area contributed by atoms with E-state index < -0.39 is 0 Å². The van der Waals surface area contributed by atoms with E-state index in [4.69, 9.17) is 0 Å². The molecule has 0 aliphatic rings. The summed E-state index contributed by atoms with van der Waals surface area (Å²) in [5.41, 5.74) is 0. The van der Waals surface area contributed by atoms with Crippen molar-refractivity contribution in [3.8, 4) is 0 Å². The van der Waals surface area contributed by atoms with Gasteiger partial charge in [-0.3, -0.25) is 9.48 Å². The van der Waals surface area contributed by atoms with Crippen LogP contribution in [0.15, 0.2) is 59.6 Å². The topological polar surface area (TPSA) is 46.9 Å². The highest BCUT2D eigenvalue weighted by Crippen LogP contribution is 2.21. The Kier molecular flexibility index (Phi) is 4.82. The average molecular weight is 329 g/mol. The highest BCUT2D eigenvalue weighted by atomic mass is 32.1. The number of rotatable bonds is 6. The van der Waals surface area contributed by atoms with Crippen LogP contribution in [0.25, 0.3) is 6.08 Å². The Bertz CT molecular complexity index is 681. The number of hydrogen-bond donors (Lipinski definition) is 1. The third kappa shape index (κ3) is 3.72. The third-order valence-electron chi connectivity index (χ3n) is 3.13. The van der Waals surface area contributed by atoms with Gasteiger partial charge in [-0.05, 0) is 35.0 Å². The molecule has 0 spiro atoms. The number of thiophene rings is 2. The molecular formula is C16H15N3OS2. The lowest BCUT2D eigenvalue weighted by molar-refractivity contribution is -0.116. The molecule has 1 atom stereocenters. The van der Waals surface area contributed by atoms with Crippen LogP contribution in [0.3, 0.4) is 0 Å². The Hall–Kier alpha value is -2.18. The van der Waals surface area contributed by atoms with E-state index in [2.05, 4.69) is 16.5 Å². The van der Waals surface area contributed by atoms with Gasteiger partial charge < -0.3 is 5.32 Å². The molecule has 4 nitrogen and oxygen atoms in total. The number of nitrogens with one attached hydrogen (secondary N) is 1. The summed E-state index contributed by atoms with van der Waals surface area (Å²) in [5, 5.41) is 11.3. The van der Waals surface area contributed by atoms with Crippen molar-refractivity contribution in [3.05, 3.63) is 69.3 Å². The highest BCUT2D eigenvalue weighted by molar-refractivity contribution is 7.10. The Balaban J connectivity index is 1.63. The second-order valence-electron chi connectivity index (χ2n) is 4.61. The van der Waals surface area contributed by atoms with Gasteiger partial charge in [0, 0.05) is 34.8 Å². The van der Waals surface area contributed by atoms with E-state index in [1.54, 1.807) is 34.9 Å². The Labute approximate surface area is 136 Å². The molecule has 0 saturated heterocycles. The molecule has 1 unspecified atom stereocenters. The zero-order valence-electron chi connectivity index (χ0n) is 11.8. The molecule has 0 radical (unpaired) electrons. The molecule has 1 amide bonds. The fraction of sp³-hybridized carbons (Fsp3) is 0.125. The summed E-state index contributed by atoms with van der Waals surface area (Å²) in [6, 6.07) is 9.92. The molecule has 0 aromatic carbocycles. The minimum Gasteiger partial charge on any atom is -0.350 e. The van der Waals surface area contributed by atoms with Crippen LogP contribution in [-0.2, 0) is 4.79 Å². The first kappa shape index (κ1) is 14.7. The van der Waals surface area contributed by atoms with Crippen LogP contribution in [0.5, 0.6) is 0 Å². The van der Waals surface area contributed by atoms with Crippen molar-refractivity contribution < 1.29 is 4.79 Å². The molecule has 1 N–H and O–H groups in total. The largest absolute Gasteiger partial charge is 0.350 e. The molecule has 0 aliphatic heterocycles. The zero-order valence-corrected chi connectivity index (χ0v) is 13.4. The van der Waals surface area contributed by atoms with Gasteiger partial charge in [-0.15, -0.1) is 22.7 Å². The van der Waals surface area contributed by atoms with Crippen molar-refractivity contribution in [1.82, 2.24) is 15.1 Å². The second-order valence-corrected chi connectivity index (χ2v) is 6.57. The van der Waals surface area contributed by atoms with E-state index in [0.717, 1.165) is 4.88 Å². The minimum absolute atomic E-state index is 0.0223. The summed E-state index contributed by atoms with van der Waals surface area (Å²) < 4.78 is 1.87. The van der Waals surface area contributed by atoms with Gasteiger partial charge in [0.25, 0.3) is 0 Å². The lowest BCUT2D eigenvalue weighted by atomic mass is 10.2. The fourth-order valence-electron chi connectivity index (χ4n) is 2.07. The second kappa shape index (κ2) is 7.20. The van der Waals surface area contributed by atoms with Crippen LogP contribution in [0.1, 0.15) is 15.8 Å². The lowest BCUT2D eigenvalue weighted by Crippen LogP contribution is -2.30. The van der Waals surface area contributed by atoms with E-state index in [9.17, 15) is 4.79 Å². The molecule has 0 bridgehead atoms. The molecule has 3 rings (SSSR count). The minimum atomic E-state index is -0.0953. The van der Waals surface area contributed by atoms with Crippen LogP contribution in [0.2, 0.25) is 0 Å². The molecule has 3 aromatic rings. The quantitative estimate of drug-likeness (QED) is 0.704. The number of aromatic nitrogens is 2. The Morgan fingerprint density at radius 3 is 2.82 bits per heavy atom. The van der Waals surface area contributed by atoms with Crippen molar-refractivity contribution in [1.29, 1.82) is 0 Å². The average Bonchev–Trinajstić information content (AvgIpc) is 3.27. The van der Waals surface area contributed by atoms with Crippen molar-refractivity contribution in [2.45, 2.75) is 6.04 Å². The van der Waals surface area contributed by atoms with Crippen molar-refractivity contribution in [2.24, 2.45) is 0 Å². The van der Waals surface area contributed by atoms with Crippen molar-refractivity contribution in [2.75, 3.05) is 6.54 Å². The molecule has 6 heteroatoms. The molecule has 112 valence electrons. The van der Waals surface area contributed by atoms with Crippen LogP contribution in [0.4, 0.5) is 0 Å². The van der Waals surface area contributed by atoms with E-state index in [1.807, 2.05) is 52.0 Å². The summed E-state index contributed by atoms with van der Waals surface area (Å²) in [6.07, 6.45) is 7.06. The van der Waals surface area contributed by atoms with Gasteiger partial charge in [0.15, 0.2) is 0 Å². The maximum Gasteiger partial charge on any atom is 0.244 e. The third-order valence-corrected chi connectivity index (χ3v) is 4.94. The molecule has 0 saturated carbocycles. The Morgan fingerprint density at radius 1 is 1.27 bits per heavy atom. The van der Waals surface area contributed by atoms with Crippen LogP contribution in [-0.4, -0.2) is 22.2 Å². The summed E-state index contributed by atoms with van der Waals surface area (Å²) in [4.78, 5) is 14.2. The smallest absolute Gasteiger partial charge is 0.244 e. The van der Waals surface area contributed by atoms with Gasteiger partial charge in [-0.25, -0.2) is 0 Å². The highest BCUT2D eigenvalue weighted by Gasteiger charge is 2.15. The summed E-state index contributed by atoms with van der Waals surface area (Å²) in [6.45, 7) is 0.510. The van der Waals surface area contributed by atoms with Crippen LogP contribution < -0.4 is 5.32 Å². The van der Waals surface area contributed by atoms with Gasteiger partial charge in [0.2, 0.25) is 5.91 Å². The zero-order chi connectivity index (χ0) is 15.2. The monoisotopic (exact) mass is 329 g/mol. The molecular weight excluding hydrogens is 314 g/mol. The first-order chi connectivity index (χ1) is 10.8. The summed E-state index contributed by atoms with van der Waals surface area (Å²) >= 11 is 3.27. The van der Waals surface area contributed by atoms with Gasteiger partial charge in [-0.2, -0.15) is 5.10 Å². The first-order valence-corrected chi connectivity index (χ1v) is 8.61. The van der Waals surface area contributed by atoms with E-state index >= 15 is 0 Å². The van der Waals surface area contributed by atoms with Gasteiger partial charge >= 0.3 is 0 Å². The molecule has 0 fully saturated rings. The summed E-state index contributed by atoms with van der Waals surface area (Å²) in [7, 11) is 0.